The predicted molar refractivity (Wildman–Crippen MR) is 125 cm³/mol. The molecule has 2 aromatic rings. The third-order valence-electron chi connectivity index (χ3n) is 4.58. The fourth-order valence-corrected chi connectivity index (χ4v) is 4.28. The first-order chi connectivity index (χ1) is 15.6. The normalized spacial score (nSPS) is 15.5. The number of benzene rings is 2. The molecule has 1 unspecified atom stereocenters. The van der Waals surface area contributed by atoms with Crippen molar-refractivity contribution in [2.45, 2.75) is 19.4 Å². The Hall–Kier alpha value is -3.70. The van der Waals surface area contributed by atoms with Crippen molar-refractivity contribution in [2.75, 3.05) is 4.90 Å². The van der Waals surface area contributed by atoms with Gasteiger partial charge in [-0.2, -0.15) is 0 Å². The maximum Gasteiger partial charge on any atom is 0.344 e. The van der Waals surface area contributed by atoms with E-state index in [0.29, 0.717) is 5.56 Å². The minimum absolute atomic E-state index is 0.0136. The Bertz CT molecular complexity index is 1170. The van der Waals surface area contributed by atoms with Gasteiger partial charge in [0.2, 0.25) is 0 Å². The third kappa shape index (κ3) is 5.21. The Balaban J connectivity index is 1.99. The van der Waals surface area contributed by atoms with Crippen molar-refractivity contribution in [3.63, 3.8) is 0 Å². The molecule has 1 amide bonds. The van der Waals surface area contributed by atoms with Gasteiger partial charge in [0.25, 0.3) is 5.91 Å². The number of rotatable bonds is 8. The molecule has 0 radical (unpaired) electrons. The highest BCUT2D eigenvalue weighted by atomic mass is 32.2. The molecule has 0 aliphatic carbocycles. The zero-order valence-electron chi connectivity index (χ0n) is 17.0. The molecule has 3 rings (SSSR count). The molecule has 1 atom stereocenters. The zero-order chi connectivity index (χ0) is 24.3. The molecule has 1 aliphatic heterocycles. The van der Waals surface area contributed by atoms with Crippen LogP contribution in [-0.4, -0.2) is 49.6 Å². The number of anilines is 1. The number of thiocarbonyl (C=S) groups is 1. The first kappa shape index (κ1) is 24.0. The van der Waals surface area contributed by atoms with Gasteiger partial charge >= 0.3 is 17.9 Å². The molecule has 170 valence electrons. The highest BCUT2D eigenvalue weighted by molar-refractivity contribution is 8.27. The van der Waals surface area contributed by atoms with E-state index in [-0.39, 0.29) is 38.2 Å². The average Bonchev–Trinajstić information content (AvgIpc) is 3.05. The maximum atomic E-state index is 13.1. The average molecular weight is 488 g/mol. The van der Waals surface area contributed by atoms with Crippen LogP contribution in [0.3, 0.4) is 0 Å². The first-order valence-electron chi connectivity index (χ1n) is 9.50. The van der Waals surface area contributed by atoms with Gasteiger partial charge in [0.15, 0.2) is 10.4 Å². The summed E-state index contributed by atoms with van der Waals surface area (Å²) in [6, 6.07) is 9.89. The van der Waals surface area contributed by atoms with Gasteiger partial charge in [-0.05, 0) is 36.8 Å². The fraction of sp³-hybridized carbons (Fsp3) is 0.136. The molecule has 33 heavy (non-hydrogen) atoms. The van der Waals surface area contributed by atoms with E-state index >= 15 is 0 Å². The van der Waals surface area contributed by atoms with Gasteiger partial charge in [0.05, 0.1) is 21.7 Å². The zero-order valence-corrected chi connectivity index (χ0v) is 18.7. The number of hydrogen-bond acceptors (Lipinski definition) is 7. The largest absolute Gasteiger partial charge is 0.479 e. The van der Waals surface area contributed by atoms with Crippen molar-refractivity contribution in [1.29, 1.82) is 0 Å². The number of hydrogen-bond donors (Lipinski definition) is 3. The summed E-state index contributed by atoms with van der Waals surface area (Å²) < 4.78 is 5.67. The SMILES string of the molecule is CCC(Oc1ccccc1/C=C1\SC(=S)N(c2cc(C(=O)O)cc(C(=O)O)c2)C1=O)C(=O)O. The lowest BCUT2D eigenvalue weighted by molar-refractivity contribution is -0.145. The smallest absolute Gasteiger partial charge is 0.344 e. The van der Waals surface area contributed by atoms with Crippen molar-refractivity contribution in [3.8, 4) is 5.75 Å². The number of thioether (sulfide) groups is 1. The Morgan fingerprint density at radius 3 is 2.24 bits per heavy atom. The number of carbonyl (C=O) groups excluding carboxylic acids is 1. The molecule has 1 aliphatic rings. The van der Waals surface area contributed by atoms with E-state index < -0.39 is 29.9 Å². The number of carboxylic acid groups (broad SMARTS) is 3. The van der Waals surface area contributed by atoms with Gasteiger partial charge < -0.3 is 20.1 Å². The topological polar surface area (TPSA) is 141 Å². The van der Waals surface area contributed by atoms with E-state index in [9.17, 15) is 34.5 Å². The van der Waals surface area contributed by atoms with Crippen LogP contribution in [0.25, 0.3) is 6.08 Å². The fourth-order valence-electron chi connectivity index (χ4n) is 2.99. The van der Waals surface area contributed by atoms with Crippen molar-refractivity contribution in [1.82, 2.24) is 0 Å². The minimum atomic E-state index is -1.35. The summed E-state index contributed by atoms with van der Waals surface area (Å²) in [5.74, 6) is -4.14. The van der Waals surface area contributed by atoms with Crippen molar-refractivity contribution < 1.29 is 39.2 Å². The van der Waals surface area contributed by atoms with Crippen LogP contribution >= 0.6 is 24.0 Å². The second-order valence-electron chi connectivity index (χ2n) is 6.79. The minimum Gasteiger partial charge on any atom is -0.479 e. The number of nitrogens with zero attached hydrogens (tertiary/aromatic N) is 1. The molecule has 1 heterocycles. The summed E-state index contributed by atoms with van der Waals surface area (Å²) in [6.07, 6.45) is 0.655. The molecular weight excluding hydrogens is 470 g/mol. The van der Waals surface area contributed by atoms with E-state index in [2.05, 4.69) is 0 Å². The van der Waals surface area contributed by atoms with Gasteiger partial charge in [0, 0.05) is 5.56 Å². The summed E-state index contributed by atoms with van der Waals surface area (Å²) >= 11 is 6.23. The molecule has 3 N–H and O–H groups in total. The number of ether oxygens (including phenoxy) is 1. The molecule has 9 nitrogen and oxygen atoms in total. The van der Waals surface area contributed by atoms with Crippen molar-refractivity contribution in [3.05, 3.63) is 64.1 Å². The number of aliphatic carboxylic acids is 1. The lowest BCUT2D eigenvalue weighted by Gasteiger charge is -2.16. The van der Waals surface area contributed by atoms with Crippen LogP contribution in [0.1, 0.15) is 39.6 Å². The Morgan fingerprint density at radius 1 is 1.09 bits per heavy atom. The summed E-state index contributed by atoms with van der Waals surface area (Å²) in [5, 5.41) is 27.9. The summed E-state index contributed by atoms with van der Waals surface area (Å²) in [6.45, 7) is 1.67. The van der Waals surface area contributed by atoms with Crippen LogP contribution in [0, 0.1) is 0 Å². The quantitative estimate of drug-likeness (QED) is 0.372. The molecule has 1 saturated heterocycles. The predicted octanol–water partition coefficient (Wildman–Crippen LogP) is 3.73. The second kappa shape index (κ2) is 9.84. The first-order valence-corrected chi connectivity index (χ1v) is 10.7. The lowest BCUT2D eigenvalue weighted by Crippen LogP contribution is -2.28. The molecule has 1 fully saturated rings. The lowest BCUT2D eigenvalue weighted by atomic mass is 10.1. The molecule has 2 aromatic carbocycles. The molecule has 0 saturated carbocycles. The van der Waals surface area contributed by atoms with Gasteiger partial charge in [-0.25, -0.2) is 14.4 Å². The van der Waals surface area contributed by atoms with Crippen LogP contribution in [0.2, 0.25) is 0 Å². The van der Waals surface area contributed by atoms with Gasteiger partial charge in [-0.1, -0.05) is 49.1 Å². The van der Waals surface area contributed by atoms with Gasteiger partial charge in [-0.3, -0.25) is 9.69 Å². The van der Waals surface area contributed by atoms with E-state index in [1.165, 1.54) is 6.08 Å². The highest BCUT2D eigenvalue weighted by Crippen LogP contribution is 2.38. The second-order valence-corrected chi connectivity index (χ2v) is 8.46. The Morgan fingerprint density at radius 2 is 1.70 bits per heavy atom. The summed E-state index contributed by atoms with van der Waals surface area (Å²) in [4.78, 5) is 48.5. The number of carbonyl (C=O) groups is 4. The molecular formula is C22H17NO8S2. The highest BCUT2D eigenvalue weighted by Gasteiger charge is 2.34. The maximum absolute atomic E-state index is 13.1. The third-order valence-corrected chi connectivity index (χ3v) is 5.89. The van der Waals surface area contributed by atoms with Crippen LogP contribution < -0.4 is 9.64 Å². The van der Waals surface area contributed by atoms with E-state index in [1.807, 2.05) is 0 Å². The standard InChI is InChI=1S/C22H17NO8S2/c1-2-15(21(29)30)31-16-6-4-3-5-11(16)10-17-18(24)23(22(32)33-17)14-8-12(19(25)26)7-13(9-14)20(27)28/h3-10,15H,2H2,1H3,(H,25,26)(H,27,28)(H,29,30)/b17-10-. The Labute approximate surface area is 197 Å². The van der Waals surface area contributed by atoms with Crippen LogP contribution in [0.5, 0.6) is 5.75 Å². The van der Waals surface area contributed by atoms with Gasteiger partial charge in [-0.15, -0.1) is 0 Å². The number of carboxylic acids is 3. The van der Waals surface area contributed by atoms with Crippen LogP contribution in [0.4, 0.5) is 5.69 Å². The van der Waals surface area contributed by atoms with E-state index in [1.54, 1.807) is 31.2 Å². The van der Waals surface area contributed by atoms with Gasteiger partial charge in [0.1, 0.15) is 5.75 Å². The summed E-state index contributed by atoms with van der Waals surface area (Å²) in [5.41, 5.74) is -0.148. The number of para-hydroxylation sites is 1. The molecule has 0 spiro atoms. The Kier molecular flexibility index (Phi) is 7.14. The van der Waals surface area contributed by atoms with E-state index in [4.69, 9.17) is 17.0 Å². The van der Waals surface area contributed by atoms with Crippen molar-refractivity contribution in [2.24, 2.45) is 0 Å². The molecule has 0 bridgehead atoms. The number of aromatic carboxylic acids is 2. The monoisotopic (exact) mass is 487 g/mol. The summed E-state index contributed by atoms with van der Waals surface area (Å²) in [7, 11) is 0. The molecule has 0 aromatic heterocycles. The van der Waals surface area contributed by atoms with Crippen molar-refractivity contribution >= 4 is 63.9 Å². The van der Waals surface area contributed by atoms with E-state index in [0.717, 1.165) is 34.9 Å². The van der Waals surface area contributed by atoms with Crippen LogP contribution in [-0.2, 0) is 9.59 Å². The number of amides is 1. The van der Waals surface area contributed by atoms with Crippen LogP contribution in [0.15, 0.2) is 47.4 Å². The molecule has 11 heteroatoms.